The quantitative estimate of drug-likeness (QED) is 0.402. The van der Waals surface area contributed by atoms with E-state index < -0.39 is 0 Å². The van der Waals surface area contributed by atoms with E-state index in [1.165, 1.54) is 18.2 Å². The molecule has 52 valence electrons. The molecule has 0 fully saturated rings. The van der Waals surface area contributed by atoms with Crippen LogP contribution >= 0.6 is 0 Å². The third kappa shape index (κ3) is 1.64. The highest BCUT2D eigenvalue weighted by Crippen LogP contribution is 2.18. The number of hydrogen-bond acceptors (Lipinski definition) is 2. The van der Waals surface area contributed by atoms with Crippen molar-refractivity contribution >= 4 is 6.08 Å². The fourth-order valence-corrected chi connectivity index (χ4v) is 0.753. The number of allylic oxidation sites excluding steroid dienone is 4. The van der Waals surface area contributed by atoms with Crippen LogP contribution in [0.3, 0.4) is 0 Å². The number of halogens is 1. The van der Waals surface area contributed by atoms with Gasteiger partial charge in [0.05, 0.1) is 5.70 Å². The first kappa shape index (κ1) is 6.90. The van der Waals surface area contributed by atoms with E-state index in [4.69, 9.17) is 0 Å². The Labute approximate surface area is 57.8 Å². The van der Waals surface area contributed by atoms with Gasteiger partial charge in [0.2, 0.25) is 6.08 Å². The molecule has 10 heavy (non-hydrogen) atoms. The molecule has 0 aromatic carbocycles. The molecule has 0 saturated heterocycles. The van der Waals surface area contributed by atoms with Crippen LogP contribution in [0.15, 0.2) is 28.7 Å². The zero-order chi connectivity index (χ0) is 7.40. The molecule has 3 heteroatoms. The van der Waals surface area contributed by atoms with E-state index >= 15 is 0 Å². The van der Waals surface area contributed by atoms with Crippen LogP contribution in [0.1, 0.15) is 12.8 Å². The first-order valence-electron chi connectivity index (χ1n) is 2.96. The molecule has 0 atom stereocenters. The molecule has 0 N–H and O–H groups in total. The zero-order valence-corrected chi connectivity index (χ0v) is 5.30. The molecule has 0 saturated carbocycles. The molecule has 0 amide bonds. The largest absolute Gasteiger partial charge is 0.240 e. The number of isocyanates is 1. The molecule has 0 aromatic heterocycles. The van der Waals surface area contributed by atoms with Gasteiger partial charge in [0.1, 0.15) is 5.83 Å². The van der Waals surface area contributed by atoms with Gasteiger partial charge >= 0.3 is 0 Å². The van der Waals surface area contributed by atoms with Gasteiger partial charge < -0.3 is 0 Å². The molecular weight excluding hydrogens is 133 g/mol. The summed E-state index contributed by atoms with van der Waals surface area (Å²) in [5.74, 6) is -0.162. The molecule has 1 rings (SSSR count). The van der Waals surface area contributed by atoms with Crippen LogP contribution < -0.4 is 0 Å². The van der Waals surface area contributed by atoms with Gasteiger partial charge in [-0.15, -0.1) is 0 Å². The SMILES string of the molecule is O=C=NC1=CC=C(F)CC1. The number of rotatable bonds is 1. The third-order valence-electron chi connectivity index (χ3n) is 1.27. The van der Waals surface area contributed by atoms with Crippen molar-refractivity contribution in [3.63, 3.8) is 0 Å². The number of aliphatic imine (C=N–C) groups is 1. The van der Waals surface area contributed by atoms with Crippen LogP contribution in [-0.2, 0) is 4.79 Å². The van der Waals surface area contributed by atoms with Gasteiger partial charge in [-0.25, -0.2) is 9.18 Å². The highest BCUT2D eigenvalue weighted by atomic mass is 19.1. The predicted molar refractivity (Wildman–Crippen MR) is 34.6 cm³/mol. The van der Waals surface area contributed by atoms with Crippen molar-refractivity contribution in [2.24, 2.45) is 4.99 Å². The van der Waals surface area contributed by atoms with E-state index in [1.54, 1.807) is 0 Å². The summed E-state index contributed by atoms with van der Waals surface area (Å²) in [5.41, 5.74) is 0.594. The van der Waals surface area contributed by atoms with Crippen LogP contribution in [0.5, 0.6) is 0 Å². The normalized spacial score (nSPS) is 16.9. The lowest BCUT2D eigenvalue weighted by atomic mass is 10.1. The fraction of sp³-hybridized carbons (Fsp3) is 0.286. The molecule has 0 radical (unpaired) electrons. The van der Waals surface area contributed by atoms with E-state index in [2.05, 4.69) is 4.99 Å². The summed E-state index contributed by atoms with van der Waals surface area (Å²) in [6.07, 6.45) is 5.06. The summed E-state index contributed by atoms with van der Waals surface area (Å²) in [6.45, 7) is 0. The second kappa shape index (κ2) is 3.08. The topological polar surface area (TPSA) is 29.4 Å². The molecule has 2 nitrogen and oxygen atoms in total. The van der Waals surface area contributed by atoms with Gasteiger partial charge in [-0.3, -0.25) is 0 Å². The van der Waals surface area contributed by atoms with Gasteiger partial charge in [-0.1, -0.05) is 0 Å². The maximum Gasteiger partial charge on any atom is 0.240 e. The maximum atomic E-state index is 12.3. The van der Waals surface area contributed by atoms with Crippen LogP contribution in [0.4, 0.5) is 4.39 Å². The molecule has 0 bridgehead atoms. The van der Waals surface area contributed by atoms with E-state index in [0.29, 0.717) is 18.5 Å². The van der Waals surface area contributed by atoms with Crippen molar-refractivity contribution in [2.45, 2.75) is 12.8 Å². The van der Waals surface area contributed by atoms with Crippen molar-refractivity contribution < 1.29 is 9.18 Å². The summed E-state index contributed by atoms with van der Waals surface area (Å²) < 4.78 is 12.3. The fourth-order valence-electron chi connectivity index (χ4n) is 0.753. The number of nitrogens with zero attached hydrogens (tertiary/aromatic N) is 1. The molecule has 0 unspecified atom stereocenters. The Kier molecular flexibility index (Phi) is 2.13. The summed E-state index contributed by atoms with van der Waals surface area (Å²) >= 11 is 0. The third-order valence-corrected chi connectivity index (χ3v) is 1.27. The van der Waals surface area contributed by atoms with E-state index in [0.717, 1.165) is 0 Å². The number of hydrogen-bond donors (Lipinski definition) is 0. The first-order valence-corrected chi connectivity index (χ1v) is 2.96. The Hall–Kier alpha value is -1.21. The van der Waals surface area contributed by atoms with Crippen LogP contribution in [0.2, 0.25) is 0 Å². The van der Waals surface area contributed by atoms with Crippen molar-refractivity contribution in [1.29, 1.82) is 0 Å². The van der Waals surface area contributed by atoms with Crippen LogP contribution in [-0.4, -0.2) is 6.08 Å². The summed E-state index contributed by atoms with van der Waals surface area (Å²) in [6, 6.07) is 0. The minimum atomic E-state index is -0.162. The van der Waals surface area contributed by atoms with Crippen molar-refractivity contribution in [1.82, 2.24) is 0 Å². The van der Waals surface area contributed by atoms with Gasteiger partial charge in [0, 0.05) is 6.42 Å². The van der Waals surface area contributed by atoms with Crippen LogP contribution in [0.25, 0.3) is 0 Å². The lowest BCUT2D eigenvalue weighted by molar-refractivity contribution is 0.561. The first-order chi connectivity index (χ1) is 4.83. The molecule has 1 aliphatic carbocycles. The van der Waals surface area contributed by atoms with Crippen molar-refractivity contribution in [3.8, 4) is 0 Å². The standard InChI is InChI=1S/C7H6FNO/c8-6-1-3-7(4-2-6)9-5-10/h1,3H,2,4H2. The summed E-state index contributed by atoms with van der Waals surface area (Å²) in [4.78, 5) is 13.1. The monoisotopic (exact) mass is 139 g/mol. The highest BCUT2D eigenvalue weighted by molar-refractivity contribution is 5.38. The minimum Gasteiger partial charge on any atom is -0.212 e. The second-order valence-electron chi connectivity index (χ2n) is 1.97. The molecule has 0 aliphatic heterocycles. The zero-order valence-electron chi connectivity index (χ0n) is 5.30. The second-order valence-corrected chi connectivity index (χ2v) is 1.97. The van der Waals surface area contributed by atoms with Gasteiger partial charge in [0.15, 0.2) is 0 Å². The maximum absolute atomic E-state index is 12.3. The van der Waals surface area contributed by atoms with Gasteiger partial charge in [-0.05, 0) is 18.6 Å². The van der Waals surface area contributed by atoms with E-state index in [-0.39, 0.29) is 5.83 Å². The predicted octanol–water partition coefficient (Wildman–Crippen LogP) is 1.85. The Balaban J connectivity index is 2.73. The van der Waals surface area contributed by atoms with E-state index in [1.807, 2.05) is 0 Å². The van der Waals surface area contributed by atoms with Crippen LogP contribution in [0, 0.1) is 0 Å². The van der Waals surface area contributed by atoms with E-state index in [9.17, 15) is 9.18 Å². The molecule has 0 spiro atoms. The highest BCUT2D eigenvalue weighted by Gasteiger charge is 2.03. The van der Waals surface area contributed by atoms with Gasteiger partial charge in [0.25, 0.3) is 0 Å². The molecule has 1 aliphatic rings. The Morgan fingerprint density at radius 1 is 1.50 bits per heavy atom. The van der Waals surface area contributed by atoms with Crippen molar-refractivity contribution in [2.75, 3.05) is 0 Å². The smallest absolute Gasteiger partial charge is 0.212 e. The number of carbonyl (C=O) groups excluding carboxylic acids is 1. The minimum absolute atomic E-state index is 0.162. The molecular formula is C7H6FNO. The Bertz CT molecular complexity index is 236. The average Bonchev–Trinajstić information content (AvgIpc) is 1.95. The molecule has 0 aromatic rings. The lowest BCUT2D eigenvalue weighted by Crippen LogP contribution is -1.86. The molecule has 0 heterocycles. The Morgan fingerprint density at radius 3 is 2.80 bits per heavy atom. The van der Waals surface area contributed by atoms with Crippen molar-refractivity contribution in [3.05, 3.63) is 23.7 Å². The average molecular weight is 139 g/mol. The van der Waals surface area contributed by atoms with Gasteiger partial charge in [-0.2, -0.15) is 4.99 Å². The lowest BCUT2D eigenvalue weighted by Gasteiger charge is -2.01. The summed E-state index contributed by atoms with van der Waals surface area (Å²) in [5, 5.41) is 0. The Morgan fingerprint density at radius 2 is 2.30 bits per heavy atom. The summed E-state index contributed by atoms with van der Waals surface area (Å²) in [7, 11) is 0.